The molecule has 0 bridgehead atoms. The molecule has 1 aromatic rings. The largest absolute Gasteiger partial charge is 0.508 e. The van der Waals surface area contributed by atoms with E-state index in [0.717, 1.165) is 57.0 Å². The zero-order chi connectivity index (χ0) is 17.1. The first-order valence-corrected chi connectivity index (χ1v) is 9.09. The summed E-state index contributed by atoms with van der Waals surface area (Å²) in [4.78, 5) is 17.2. The Bertz CT molecular complexity index is 552. The Balaban J connectivity index is 1.61. The maximum Gasteiger partial charge on any atom is 0.239 e. The Morgan fingerprint density at radius 1 is 1.21 bits per heavy atom. The van der Waals surface area contributed by atoms with Crippen LogP contribution >= 0.6 is 0 Å². The van der Waals surface area contributed by atoms with Crippen LogP contribution in [-0.2, 0) is 4.79 Å². The van der Waals surface area contributed by atoms with Gasteiger partial charge in [-0.15, -0.1) is 0 Å². The number of nitrogens with zero attached hydrogens (tertiary/aromatic N) is 2. The maximum absolute atomic E-state index is 12.8. The van der Waals surface area contributed by atoms with Crippen molar-refractivity contribution in [3.63, 3.8) is 0 Å². The molecule has 0 saturated carbocycles. The molecule has 2 saturated heterocycles. The van der Waals surface area contributed by atoms with E-state index in [9.17, 15) is 9.90 Å². The van der Waals surface area contributed by atoms with E-state index in [2.05, 4.69) is 17.1 Å². The molecular weight excluding hydrogens is 302 g/mol. The van der Waals surface area contributed by atoms with Gasteiger partial charge in [-0.05, 0) is 43.4 Å². The highest BCUT2D eigenvalue weighted by molar-refractivity contribution is 5.81. The Morgan fingerprint density at radius 2 is 1.88 bits per heavy atom. The molecule has 2 unspecified atom stereocenters. The fourth-order valence-electron chi connectivity index (χ4n) is 3.70. The van der Waals surface area contributed by atoms with E-state index in [1.807, 2.05) is 24.0 Å². The molecule has 0 aliphatic carbocycles. The SMILES string of the molecule is CC1CCN(C(=O)C(C)N2CCNC(c3ccc(O)cc3)C2)CC1. The van der Waals surface area contributed by atoms with Gasteiger partial charge in [-0.3, -0.25) is 9.69 Å². The second-order valence-electron chi connectivity index (χ2n) is 7.28. The van der Waals surface area contributed by atoms with Gasteiger partial charge in [-0.25, -0.2) is 0 Å². The lowest BCUT2D eigenvalue weighted by atomic mass is 9.98. The minimum Gasteiger partial charge on any atom is -0.508 e. The van der Waals surface area contributed by atoms with Gasteiger partial charge >= 0.3 is 0 Å². The van der Waals surface area contributed by atoms with E-state index in [1.165, 1.54) is 0 Å². The number of nitrogens with one attached hydrogen (secondary N) is 1. The molecule has 2 aliphatic rings. The van der Waals surface area contributed by atoms with Gasteiger partial charge in [0.05, 0.1) is 6.04 Å². The number of carbonyl (C=O) groups excluding carboxylic acids is 1. The summed E-state index contributed by atoms with van der Waals surface area (Å²) in [7, 11) is 0. The van der Waals surface area contributed by atoms with Gasteiger partial charge in [0.15, 0.2) is 0 Å². The molecule has 3 rings (SSSR count). The number of benzene rings is 1. The number of carbonyl (C=O) groups is 1. The molecule has 5 heteroatoms. The Labute approximate surface area is 144 Å². The lowest BCUT2D eigenvalue weighted by molar-refractivity contribution is -0.138. The molecule has 1 amide bonds. The van der Waals surface area contributed by atoms with Crippen molar-refractivity contribution >= 4 is 5.91 Å². The molecule has 2 heterocycles. The second kappa shape index (κ2) is 7.53. The summed E-state index contributed by atoms with van der Waals surface area (Å²) in [6.45, 7) is 8.70. The Morgan fingerprint density at radius 3 is 2.54 bits per heavy atom. The number of rotatable bonds is 3. The highest BCUT2D eigenvalue weighted by Crippen LogP contribution is 2.22. The molecular formula is C19H29N3O2. The summed E-state index contributed by atoms with van der Waals surface area (Å²) in [5.74, 6) is 1.30. The topological polar surface area (TPSA) is 55.8 Å². The van der Waals surface area contributed by atoms with Crippen molar-refractivity contribution in [2.75, 3.05) is 32.7 Å². The number of piperazine rings is 1. The smallest absolute Gasteiger partial charge is 0.239 e. The summed E-state index contributed by atoms with van der Waals surface area (Å²) in [5, 5.41) is 13.0. The number of phenolic OH excluding ortho intramolecular Hbond substituents is 1. The van der Waals surface area contributed by atoms with E-state index in [1.54, 1.807) is 12.1 Å². The van der Waals surface area contributed by atoms with Crippen LogP contribution in [0.4, 0.5) is 0 Å². The van der Waals surface area contributed by atoms with Crippen LogP contribution in [0.1, 0.15) is 38.3 Å². The van der Waals surface area contributed by atoms with Crippen LogP contribution in [0.2, 0.25) is 0 Å². The molecule has 0 spiro atoms. The van der Waals surface area contributed by atoms with Crippen molar-refractivity contribution in [3.05, 3.63) is 29.8 Å². The standard InChI is InChI=1S/C19H29N3O2/c1-14-7-10-21(11-8-14)19(24)15(2)22-12-9-20-18(13-22)16-3-5-17(23)6-4-16/h3-6,14-15,18,20,23H,7-13H2,1-2H3. The zero-order valence-corrected chi connectivity index (χ0v) is 14.7. The molecule has 1 aromatic carbocycles. The second-order valence-corrected chi connectivity index (χ2v) is 7.28. The molecule has 2 N–H and O–H groups in total. The lowest BCUT2D eigenvalue weighted by Gasteiger charge is -2.40. The fourth-order valence-corrected chi connectivity index (χ4v) is 3.70. The molecule has 132 valence electrons. The summed E-state index contributed by atoms with van der Waals surface area (Å²) in [6.07, 6.45) is 2.24. The highest BCUT2D eigenvalue weighted by atomic mass is 16.3. The van der Waals surface area contributed by atoms with E-state index in [4.69, 9.17) is 0 Å². The van der Waals surface area contributed by atoms with Crippen LogP contribution in [-0.4, -0.2) is 59.6 Å². The van der Waals surface area contributed by atoms with Crippen molar-refractivity contribution in [2.24, 2.45) is 5.92 Å². The average molecular weight is 331 g/mol. The first kappa shape index (κ1) is 17.2. The van der Waals surface area contributed by atoms with Gasteiger partial charge in [0.1, 0.15) is 5.75 Å². The molecule has 2 aliphatic heterocycles. The van der Waals surface area contributed by atoms with Gasteiger partial charge in [-0.2, -0.15) is 0 Å². The summed E-state index contributed by atoms with van der Waals surface area (Å²) in [6, 6.07) is 7.49. The van der Waals surface area contributed by atoms with Crippen molar-refractivity contribution in [2.45, 2.75) is 38.8 Å². The number of aromatic hydroxyl groups is 1. The van der Waals surface area contributed by atoms with E-state index < -0.39 is 0 Å². The number of hydrogen-bond donors (Lipinski definition) is 2. The highest BCUT2D eigenvalue weighted by Gasteiger charge is 2.31. The molecule has 0 aromatic heterocycles. The van der Waals surface area contributed by atoms with Gasteiger partial charge in [0, 0.05) is 38.8 Å². The maximum atomic E-state index is 12.8. The third-order valence-corrected chi connectivity index (χ3v) is 5.50. The predicted molar refractivity (Wildman–Crippen MR) is 94.9 cm³/mol. The number of amides is 1. The average Bonchev–Trinajstić information content (AvgIpc) is 2.62. The number of likely N-dealkylation sites (tertiary alicyclic amines) is 1. The van der Waals surface area contributed by atoms with E-state index >= 15 is 0 Å². The third kappa shape index (κ3) is 3.90. The Hall–Kier alpha value is -1.59. The van der Waals surface area contributed by atoms with Gasteiger partial charge < -0.3 is 15.3 Å². The summed E-state index contributed by atoms with van der Waals surface area (Å²) < 4.78 is 0. The van der Waals surface area contributed by atoms with Gasteiger partial charge in [-0.1, -0.05) is 19.1 Å². The van der Waals surface area contributed by atoms with Gasteiger partial charge in [0.25, 0.3) is 0 Å². The normalized spacial score (nSPS) is 24.8. The lowest BCUT2D eigenvalue weighted by Crippen LogP contribution is -2.55. The van der Waals surface area contributed by atoms with Crippen LogP contribution in [0, 0.1) is 5.92 Å². The van der Waals surface area contributed by atoms with Crippen LogP contribution < -0.4 is 5.32 Å². The van der Waals surface area contributed by atoms with Gasteiger partial charge in [0.2, 0.25) is 5.91 Å². The van der Waals surface area contributed by atoms with Crippen LogP contribution in [0.15, 0.2) is 24.3 Å². The third-order valence-electron chi connectivity index (χ3n) is 5.50. The van der Waals surface area contributed by atoms with Crippen molar-refractivity contribution in [1.82, 2.24) is 15.1 Å². The summed E-state index contributed by atoms with van der Waals surface area (Å²) >= 11 is 0. The molecule has 0 radical (unpaired) electrons. The monoisotopic (exact) mass is 331 g/mol. The molecule has 24 heavy (non-hydrogen) atoms. The molecule has 2 atom stereocenters. The quantitative estimate of drug-likeness (QED) is 0.889. The van der Waals surface area contributed by atoms with E-state index in [-0.39, 0.29) is 23.7 Å². The predicted octanol–water partition coefficient (Wildman–Crippen LogP) is 1.99. The van der Waals surface area contributed by atoms with Crippen LogP contribution in [0.25, 0.3) is 0 Å². The first-order chi connectivity index (χ1) is 11.5. The minimum atomic E-state index is -0.0693. The van der Waals surface area contributed by atoms with Crippen molar-refractivity contribution in [3.8, 4) is 5.75 Å². The van der Waals surface area contributed by atoms with Crippen LogP contribution in [0.3, 0.4) is 0 Å². The van der Waals surface area contributed by atoms with Crippen molar-refractivity contribution < 1.29 is 9.90 Å². The van der Waals surface area contributed by atoms with Crippen LogP contribution in [0.5, 0.6) is 5.75 Å². The minimum absolute atomic E-state index is 0.0693. The molecule has 2 fully saturated rings. The number of hydrogen-bond acceptors (Lipinski definition) is 4. The Kier molecular flexibility index (Phi) is 5.41. The number of piperidine rings is 1. The number of phenols is 1. The zero-order valence-electron chi connectivity index (χ0n) is 14.7. The fraction of sp³-hybridized carbons (Fsp3) is 0.632. The summed E-state index contributed by atoms with van der Waals surface area (Å²) in [5.41, 5.74) is 1.16. The first-order valence-electron chi connectivity index (χ1n) is 9.09. The molecule has 5 nitrogen and oxygen atoms in total. The van der Waals surface area contributed by atoms with E-state index in [0.29, 0.717) is 0 Å². The van der Waals surface area contributed by atoms with Crippen molar-refractivity contribution in [1.29, 1.82) is 0 Å².